The van der Waals surface area contributed by atoms with Crippen molar-refractivity contribution in [3.8, 4) is 0 Å². The fraction of sp³-hybridized carbons (Fsp3) is 0.579. The average Bonchev–Trinajstić information content (AvgIpc) is 3.22. The van der Waals surface area contributed by atoms with E-state index in [-0.39, 0.29) is 0 Å². The first kappa shape index (κ1) is 17.1. The van der Waals surface area contributed by atoms with E-state index in [0.29, 0.717) is 24.7 Å². The highest BCUT2D eigenvalue weighted by Gasteiger charge is 2.41. The number of thiazole rings is 1. The van der Waals surface area contributed by atoms with E-state index in [2.05, 4.69) is 33.2 Å². The molecule has 0 N–H and O–H groups in total. The molecule has 2 aliphatic rings. The number of hydrogen-bond acceptors (Lipinski definition) is 6. The molecular weight excluding hydrogens is 334 g/mol. The van der Waals surface area contributed by atoms with Crippen LogP contribution in [-0.2, 0) is 22.6 Å². The van der Waals surface area contributed by atoms with E-state index in [9.17, 15) is 0 Å². The smallest absolute Gasteiger partial charge is 0.0897 e. The van der Waals surface area contributed by atoms with E-state index in [0.717, 1.165) is 49.7 Å². The van der Waals surface area contributed by atoms with Gasteiger partial charge in [-0.2, -0.15) is 0 Å². The van der Waals surface area contributed by atoms with E-state index < -0.39 is 0 Å². The van der Waals surface area contributed by atoms with Crippen molar-refractivity contribution < 1.29 is 9.47 Å². The van der Waals surface area contributed by atoms with Gasteiger partial charge >= 0.3 is 0 Å². The molecule has 3 heterocycles. The standard InChI is InChI=1S/C19H25N3O2S/c1-14-21-17(13-25-14)10-22-5-6-24-19-8-16(7-18(19)22)12-23-11-15-3-2-4-20-9-15/h2-4,9,13,16,18-19H,5-8,10-12H2,1H3/t16-,18+,19+/m0/s1. The summed E-state index contributed by atoms with van der Waals surface area (Å²) in [5.41, 5.74) is 2.33. The average molecular weight is 359 g/mol. The number of rotatable bonds is 6. The van der Waals surface area contributed by atoms with Gasteiger partial charge in [0.15, 0.2) is 0 Å². The van der Waals surface area contributed by atoms with E-state index in [1.807, 2.05) is 12.3 Å². The van der Waals surface area contributed by atoms with Gasteiger partial charge in [0.2, 0.25) is 0 Å². The molecule has 6 heteroatoms. The summed E-state index contributed by atoms with van der Waals surface area (Å²) in [6.45, 7) is 6.28. The van der Waals surface area contributed by atoms with E-state index in [4.69, 9.17) is 9.47 Å². The highest BCUT2D eigenvalue weighted by Crippen LogP contribution is 2.35. The summed E-state index contributed by atoms with van der Waals surface area (Å²) in [5.74, 6) is 0.574. The fourth-order valence-corrected chi connectivity index (χ4v) is 4.58. The van der Waals surface area contributed by atoms with Crippen LogP contribution in [0, 0.1) is 12.8 Å². The van der Waals surface area contributed by atoms with Crippen molar-refractivity contribution in [2.24, 2.45) is 5.92 Å². The van der Waals surface area contributed by atoms with Crippen LogP contribution in [0.15, 0.2) is 29.9 Å². The predicted molar refractivity (Wildman–Crippen MR) is 97.4 cm³/mol. The molecule has 134 valence electrons. The second-order valence-electron chi connectivity index (χ2n) is 7.02. The van der Waals surface area contributed by atoms with Crippen LogP contribution in [0.4, 0.5) is 0 Å². The molecule has 2 aromatic heterocycles. The molecule has 2 aromatic rings. The molecule has 0 radical (unpaired) electrons. The van der Waals surface area contributed by atoms with Crippen molar-refractivity contribution >= 4 is 11.3 Å². The summed E-state index contributed by atoms with van der Waals surface area (Å²) >= 11 is 1.73. The number of pyridine rings is 1. The third-order valence-electron chi connectivity index (χ3n) is 5.13. The Hall–Kier alpha value is -1.34. The van der Waals surface area contributed by atoms with Crippen molar-refractivity contribution in [1.82, 2.24) is 14.9 Å². The molecule has 4 rings (SSSR count). The van der Waals surface area contributed by atoms with Crippen molar-refractivity contribution in [3.05, 3.63) is 46.2 Å². The zero-order valence-corrected chi connectivity index (χ0v) is 15.5. The minimum Gasteiger partial charge on any atom is -0.376 e. The van der Waals surface area contributed by atoms with E-state index >= 15 is 0 Å². The first-order chi connectivity index (χ1) is 12.3. The topological polar surface area (TPSA) is 47.5 Å². The molecule has 2 fully saturated rings. The van der Waals surface area contributed by atoms with Crippen molar-refractivity contribution in [2.45, 2.75) is 45.1 Å². The Bertz CT molecular complexity index is 678. The lowest BCUT2D eigenvalue weighted by molar-refractivity contribution is -0.0594. The Morgan fingerprint density at radius 1 is 1.40 bits per heavy atom. The first-order valence-electron chi connectivity index (χ1n) is 9.01. The third-order valence-corrected chi connectivity index (χ3v) is 5.95. The number of fused-ring (bicyclic) bond motifs is 1. The number of morpholine rings is 1. The third kappa shape index (κ3) is 4.26. The summed E-state index contributed by atoms with van der Waals surface area (Å²) in [7, 11) is 0. The van der Waals surface area contributed by atoms with Gasteiger partial charge < -0.3 is 9.47 Å². The second-order valence-corrected chi connectivity index (χ2v) is 8.08. The molecule has 3 atom stereocenters. The zero-order valence-electron chi connectivity index (χ0n) is 14.6. The maximum atomic E-state index is 6.04. The normalized spacial score (nSPS) is 26.7. The summed E-state index contributed by atoms with van der Waals surface area (Å²) in [6, 6.07) is 4.51. The van der Waals surface area contributed by atoms with Crippen LogP contribution in [0.3, 0.4) is 0 Å². The molecule has 1 aliphatic carbocycles. The van der Waals surface area contributed by atoms with Gasteiger partial charge in [-0.3, -0.25) is 9.88 Å². The maximum absolute atomic E-state index is 6.04. The number of aromatic nitrogens is 2. The largest absolute Gasteiger partial charge is 0.376 e. The van der Waals surface area contributed by atoms with Crippen LogP contribution >= 0.6 is 11.3 Å². The van der Waals surface area contributed by atoms with Crippen LogP contribution in [0.25, 0.3) is 0 Å². The predicted octanol–water partition coefficient (Wildman–Crippen LogP) is 3.04. The lowest BCUT2D eigenvalue weighted by atomic mass is 10.1. The molecular formula is C19H25N3O2S. The van der Waals surface area contributed by atoms with Crippen LogP contribution in [0.5, 0.6) is 0 Å². The Morgan fingerprint density at radius 3 is 3.16 bits per heavy atom. The van der Waals surface area contributed by atoms with Crippen LogP contribution in [0.2, 0.25) is 0 Å². The van der Waals surface area contributed by atoms with Gasteiger partial charge in [0, 0.05) is 43.5 Å². The lowest BCUT2D eigenvalue weighted by Gasteiger charge is -2.37. The quantitative estimate of drug-likeness (QED) is 0.793. The summed E-state index contributed by atoms with van der Waals surface area (Å²) in [6.07, 6.45) is 6.27. The zero-order chi connectivity index (χ0) is 17.1. The molecule has 0 aromatic carbocycles. The lowest BCUT2D eigenvalue weighted by Crippen LogP contribution is -2.47. The van der Waals surface area contributed by atoms with Crippen LogP contribution < -0.4 is 0 Å². The van der Waals surface area contributed by atoms with E-state index in [1.54, 1.807) is 17.5 Å². The summed E-state index contributed by atoms with van der Waals surface area (Å²) in [5, 5.41) is 3.33. The monoisotopic (exact) mass is 359 g/mol. The van der Waals surface area contributed by atoms with Gasteiger partial charge in [0.1, 0.15) is 0 Å². The van der Waals surface area contributed by atoms with Gasteiger partial charge in [-0.05, 0) is 37.3 Å². The first-order valence-corrected chi connectivity index (χ1v) is 9.89. The molecule has 0 amide bonds. The molecule has 1 aliphatic heterocycles. The molecule has 5 nitrogen and oxygen atoms in total. The number of nitrogens with zero attached hydrogens (tertiary/aromatic N) is 3. The van der Waals surface area contributed by atoms with Gasteiger partial charge in [-0.15, -0.1) is 11.3 Å². The van der Waals surface area contributed by atoms with Crippen LogP contribution in [0.1, 0.15) is 29.1 Å². The van der Waals surface area contributed by atoms with Gasteiger partial charge in [-0.25, -0.2) is 4.98 Å². The molecule has 1 saturated carbocycles. The Kier molecular flexibility index (Phi) is 5.41. The highest BCUT2D eigenvalue weighted by atomic mass is 32.1. The van der Waals surface area contributed by atoms with Gasteiger partial charge in [0.25, 0.3) is 0 Å². The SMILES string of the molecule is Cc1nc(CN2CCO[C@@H]3C[C@@H](COCc4cccnc4)C[C@H]32)cs1. The van der Waals surface area contributed by atoms with Gasteiger partial charge in [0.05, 0.1) is 30.0 Å². The fourth-order valence-electron chi connectivity index (χ4n) is 3.97. The Balaban J connectivity index is 1.29. The van der Waals surface area contributed by atoms with Crippen LogP contribution in [-0.4, -0.2) is 46.8 Å². The molecule has 0 unspecified atom stereocenters. The Morgan fingerprint density at radius 2 is 2.36 bits per heavy atom. The van der Waals surface area contributed by atoms with Crippen molar-refractivity contribution in [1.29, 1.82) is 0 Å². The molecule has 0 spiro atoms. The summed E-state index contributed by atoms with van der Waals surface area (Å²) < 4.78 is 12.0. The van der Waals surface area contributed by atoms with Crippen molar-refractivity contribution in [3.63, 3.8) is 0 Å². The number of aryl methyl sites for hydroxylation is 1. The van der Waals surface area contributed by atoms with E-state index in [1.165, 1.54) is 5.69 Å². The maximum Gasteiger partial charge on any atom is 0.0897 e. The number of ether oxygens (including phenoxy) is 2. The highest BCUT2D eigenvalue weighted by molar-refractivity contribution is 7.09. The van der Waals surface area contributed by atoms with Gasteiger partial charge in [-0.1, -0.05) is 6.07 Å². The molecule has 25 heavy (non-hydrogen) atoms. The minimum atomic E-state index is 0.348. The number of hydrogen-bond donors (Lipinski definition) is 0. The molecule has 1 saturated heterocycles. The summed E-state index contributed by atoms with van der Waals surface area (Å²) in [4.78, 5) is 11.3. The molecule has 0 bridgehead atoms. The van der Waals surface area contributed by atoms with Crippen molar-refractivity contribution in [2.75, 3.05) is 19.8 Å². The Labute approximate surface area is 153 Å². The second kappa shape index (κ2) is 7.91. The minimum absolute atomic E-state index is 0.348.